The number of carbonyl (C=O) groups is 3. The molecule has 0 atom stereocenters. The van der Waals surface area contributed by atoms with Crippen LogP contribution in [0.2, 0.25) is 0 Å². The second kappa shape index (κ2) is 8.78. The van der Waals surface area contributed by atoms with Gasteiger partial charge in [0.15, 0.2) is 11.5 Å². The van der Waals surface area contributed by atoms with Crippen molar-refractivity contribution in [1.82, 2.24) is 10.2 Å². The Morgan fingerprint density at radius 1 is 1.28 bits per heavy atom. The summed E-state index contributed by atoms with van der Waals surface area (Å²) in [4.78, 5) is 38.1. The van der Waals surface area contributed by atoms with Gasteiger partial charge in [0, 0.05) is 4.47 Å². The predicted octanol–water partition coefficient (Wildman–Crippen LogP) is 3.28. The lowest BCUT2D eigenvalue weighted by Gasteiger charge is -2.25. The third-order valence-corrected chi connectivity index (χ3v) is 4.71. The number of amides is 4. The fourth-order valence-corrected chi connectivity index (χ4v) is 3.07. The number of rotatable bonds is 7. The van der Waals surface area contributed by atoms with E-state index in [-0.39, 0.29) is 18.7 Å². The Hall–Kier alpha value is -3.33. The number of barbiturate groups is 1. The van der Waals surface area contributed by atoms with Crippen molar-refractivity contribution in [3.63, 3.8) is 0 Å². The maximum absolute atomic E-state index is 12.8. The lowest BCUT2D eigenvalue weighted by atomic mass is 10.1. The molecule has 3 rings (SSSR count). The Kier molecular flexibility index (Phi) is 6.18. The van der Waals surface area contributed by atoms with Gasteiger partial charge in [0.25, 0.3) is 11.8 Å². The van der Waals surface area contributed by atoms with E-state index in [0.29, 0.717) is 27.3 Å². The molecule has 0 spiro atoms. The zero-order valence-corrected chi connectivity index (χ0v) is 17.0. The summed E-state index contributed by atoms with van der Waals surface area (Å²) >= 11 is 3.40. The number of hydrogen-bond acceptors (Lipinski definition) is 6. The first-order valence-electron chi connectivity index (χ1n) is 8.47. The van der Waals surface area contributed by atoms with Gasteiger partial charge in [0.2, 0.25) is 0 Å². The Bertz CT molecular complexity index is 997. The lowest BCUT2D eigenvalue weighted by molar-refractivity contribution is -0.130. The van der Waals surface area contributed by atoms with Crippen LogP contribution in [0.4, 0.5) is 4.79 Å². The quantitative estimate of drug-likeness (QED) is 0.386. The van der Waals surface area contributed by atoms with Crippen LogP contribution in [0.5, 0.6) is 11.5 Å². The molecular weight excluding hydrogens is 444 g/mol. The maximum atomic E-state index is 12.8. The molecule has 2 aromatic rings. The number of hydrogen-bond donors (Lipinski definition) is 1. The number of ether oxygens (including phenoxy) is 2. The van der Waals surface area contributed by atoms with Crippen LogP contribution in [0.3, 0.4) is 0 Å². The molecule has 4 amide bonds. The highest BCUT2D eigenvalue weighted by molar-refractivity contribution is 9.10. The maximum Gasteiger partial charge on any atom is 0.331 e. The van der Waals surface area contributed by atoms with Gasteiger partial charge in [-0.3, -0.25) is 19.8 Å². The van der Waals surface area contributed by atoms with Crippen LogP contribution in [0.25, 0.3) is 6.08 Å². The normalized spacial score (nSPS) is 15.4. The molecule has 1 aliphatic rings. The smallest absolute Gasteiger partial charge is 0.331 e. The third kappa shape index (κ3) is 4.40. The highest BCUT2D eigenvalue weighted by Crippen LogP contribution is 2.35. The molecule has 29 heavy (non-hydrogen) atoms. The van der Waals surface area contributed by atoms with Crippen molar-refractivity contribution in [2.24, 2.45) is 0 Å². The molecule has 1 aromatic heterocycles. The molecule has 2 heterocycles. The SMILES string of the molecule is C=CCOc1cc(Br)c(C=C2C(=O)NC(=O)N(Cc3ccco3)C2=O)cc1OC. The van der Waals surface area contributed by atoms with Crippen LogP contribution >= 0.6 is 15.9 Å². The van der Waals surface area contributed by atoms with Crippen LogP contribution in [-0.4, -0.2) is 36.5 Å². The van der Waals surface area contributed by atoms with Gasteiger partial charge in [-0.1, -0.05) is 28.6 Å². The van der Waals surface area contributed by atoms with Crippen LogP contribution in [-0.2, 0) is 16.1 Å². The topological polar surface area (TPSA) is 98.1 Å². The van der Waals surface area contributed by atoms with Crippen LogP contribution in [0.1, 0.15) is 11.3 Å². The van der Waals surface area contributed by atoms with Crippen molar-refractivity contribution in [1.29, 1.82) is 0 Å². The molecule has 1 saturated heterocycles. The number of imide groups is 2. The summed E-state index contributed by atoms with van der Waals surface area (Å²) in [6.45, 7) is 3.79. The highest BCUT2D eigenvalue weighted by atomic mass is 79.9. The Morgan fingerprint density at radius 2 is 2.07 bits per heavy atom. The monoisotopic (exact) mass is 460 g/mol. The molecule has 8 nitrogen and oxygen atoms in total. The van der Waals surface area contributed by atoms with Crippen LogP contribution in [0.15, 0.2) is 57.6 Å². The van der Waals surface area contributed by atoms with E-state index in [2.05, 4.69) is 27.8 Å². The van der Waals surface area contributed by atoms with Crippen molar-refractivity contribution < 1.29 is 28.3 Å². The molecule has 9 heteroatoms. The minimum atomic E-state index is -0.807. The van der Waals surface area contributed by atoms with E-state index in [0.717, 1.165) is 4.90 Å². The number of nitrogens with zero attached hydrogens (tertiary/aromatic N) is 1. The molecule has 0 aliphatic carbocycles. The summed E-state index contributed by atoms with van der Waals surface area (Å²) in [7, 11) is 1.48. The summed E-state index contributed by atoms with van der Waals surface area (Å²) in [6, 6.07) is 5.74. The number of nitrogens with one attached hydrogen (secondary N) is 1. The van der Waals surface area contributed by atoms with E-state index in [1.54, 1.807) is 30.3 Å². The van der Waals surface area contributed by atoms with E-state index in [1.165, 1.54) is 19.4 Å². The number of halogens is 1. The summed E-state index contributed by atoms with van der Waals surface area (Å²) < 4.78 is 16.6. The fraction of sp³-hybridized carbons (Fsp3) is 0.150. The van der Waals surface area contributed by atoms with Gasteiger partial charge in [-0.25, -0.2) is 4.79 Å². The molecule has 0 bridgehead atoms. The molecule has 0 saturated carbocycles. The summed E-state index contributed by atoms with van der Waals surface area (Å²) in [5.41, 5.74) is 0.303. The van der Waals surface area contributed by atoms with Crippen molar-refractivity contribution in [3.05, 3.63) is 64.6 Å². The average molecular weight is 461 g/mol. The predicted molar refractivity (Wildman–Crippen MR) is 107 cm³/mol. The number of methoxy groups -OCH3 is 1. The largest absolute Gasteiger partial charge is 0.493 e. The lowest BCUT2D eigenvalue weighted by Crippen LogP contribution is -2.53. The van der Waals surface area contributed by atoms with E-state index < -0.39 is 17.8 Å². The van der Waals surface area contributed by atoms with Gasteiger partial charge in [0.05, 0.1) is 19.9 Å². The number of benzene rings is 1. The van der Waals surface area contributed by atoms with Gasteiger partial charge in [-0.2, -0.15) is 0 Å². The minimum absolute atomic E-state index is 0.0961. The molecule has 1 aromatic carbocycles. The number of furan rings is 1. The second-order valence-electron chi connectivity index (χ2n) is 5.91. The summed E-state index contributed by atoms with van der Waals surface area (Å²) in [6.07, 6.45) is 4.41. The molecule has 0 unspecified atom stereocenters. The zero-order chi connectivity index (χ0) is 21.0. The van der Waals surface area contributed by atoms with E-state index in [9.17, 15) is 14.4 Å². The third-order valence-electron chi connectivity index (χ3n) is 4.02. The van der Waals surface area contributed by atoms with Crippen molar-refractivity contribution in [2.75, 3.05) is 13.7 Å². The van der Waals surface area contributed by atoms with E-state index in [4.69, 9.17) is 13.9 Å². The van der Waals surface area contributed by atoms with Crippen molar-refractivity contribution in [3.8, 4) is 11.5 Å². The van der Waals surface area contributed by atoms with Crippen LogP contribution < -0.4 is 14.8 Å². The first kappa shape index (κ1) is 20.4. The van der Waals surface area contributed by atoms with Gasteiger partial charge in [-0.05, 0) is 35.9 Å². The van der Waals surface area contributed by atoms with Crippen molar-refractivity contribution in [2.45, 2.75) is 6.54 Å². The molecule has 1 fully saturated rings. The van der Waals surface area contributed by atoms with E-state index >= 15 is 0 Å². The second-order valence-corrected chi connectivity index (χ2v) is 6.77. The average Bonchev–Trinajstić information content (AvgIpc) is 3.21. The van der Waals surface area contributed by atoms with Gasteiger partial charge >= 0.3 is 6.03 Å². The Morgan fingerprint density at radius 3 is 2.72 bits per heavy atom. The fourth-order valence-electron chi connectivity index (χ4n) is 2.63. The van der Waals surface area contributed by atoms with Gasteiger partial charge in [-0.15, -0.1) is 0 Å². The summed E-state index contributed by atoms with van der Waals surface area (Å²) in [5.74, 6) is -0.222. The first-order chi connectivity index (χ1) is 13.9. The Balaban J connectivity index is 1.95. The number of urea groups is 1. The van der Waals surface area contributed by atoms with Crippen LogP contribution in [0, 0.1) is 0 Å². The van der Waals surface area contributed by atoms with Gasteiger partial charge in [0.1, 0.15) is 17.9 Å². The first-order valence-corrected chi connectivity index (χ1v) is 9.26. The zero-order valence-electron chi connectivity index (χ0n) is 15.4. The van der Waals surface area contributed by atoms with Gasteiger partial charge < -0.3 is 13.9 Å². The number of carbonyl (C=O) groups excluding carboxylic acids is 3. The highest BCUT2D eigenvalue weighted by Gasteiger charge is 2.36. The molecular formula is C20H17BrN2O6. The van der Waals surface area contributed by atoms with Crippen molar-refractivity contribution >= 4 is 39.9 Å². The molecule has 1 N–H and O–H groups in total. The minimum Gasteiger partial charge on any atom is -0.493 e. The molecule has 150 valence electrons. The van der Waals surface area contributed by atoms with E-state index in [1.807, 2.05) is 0 Å². The summed E-state index contributed by atoms with van der Waals surface area (Å²) in [5, 5.41) is 2.16. The molecule has 1 aliphatic heterocycles. The standard InChI is InChI=1S/C20H17BrN2O6/c1-3-6-29-17-10-15(21)12(9-16(17)27-2)8-14-18(24)22-20(26)23(19(14)25)11-13-5-4-7-28-13/h3-5,7-10H,1,6,11H2,2H3,(H,22,24,26). The molecule has 0 radical (unpaired) electrons. The Labute approximate surface area is 174 Å².